The monoisotopic (exact) mass is 565 g/mol. The van der Waals surface area contributed by atoms with Crippen molar-refractivity contribution >= 4 is 23.3 Å². The summed E-state index contributed by atoms with van der Waals surface area (Å²) >= 11 is 0. The van der Waals surface area contributed by atoms with E-state index in [0.29, 0.717) is 69.1 Å². The van der Waals surface area contributed by atoms with Crippen LogP contribution in [0.2, 0.25) is 0 Å². The van der Waals surface area contributed by atoms with Crippen molar-refractivity contribution in [1.82, 2.24) is 10.2 Å². The SMILES string of the molecule is N=C(N=[NH2+])c1cccc(CCOCCC(=O)N(CCNCCc2ccc(O)c3c2OCC(=O)N3)C2CCCCC2)c1. The zero-order chi connectivity index (χ0) is 29.0. The number of fused-ring (bicyclic) bond motifs is 1. The fourth-order valence-corrected chi connectivity index (χ4v) is 5.41. The van der Waals surface area contributed by atoms with E-state index in [-0.39, 0.29) is 36.0 Å². The van der Waals surface area contributed by atoms with Gasteiger partial charge in [0, 0.05) is 29.8 Å². The Morgan fingerprint density at radius 3 is 2.80 bits per heavy atom. The number of amides is 2. The highest BCUT2D eigenvalue weighted by Crippen LogP contribution is 2.39. The van der Waals surface area contributed by atoms with Crippen LogP contribution in [0.5, 0.6) is 11.5 Å². The number of carbonyl (C=O) groups is 2. The summed E-state index contributed by atoms with van der Waals surface area (Å²) in [7, 11) is 0. The maximum Gasteiger partial charge on any atom is 0.262 e. The number of phenols is 1. The van der Waals surface area contributed by atoms with Crippen LogP contribution in [0.3, 0.4) is 0 Å². The Labute approximate surface area is 240 Å². The van der Waals surface area contributed by atoms with Crippen LogP contribution >= 0.6 is 0 Å². The highest BCUT2D eigenvalue weighted by atomic mass is 16.5. The molecule has 41 heavy (non-hydrogen) atoms. The molecule has 0 radical (unpaired) electrons. The van der Waals surface area contributed by atoms with Gasteiger partial charge in [-0.25, -0.2) is 0 Å². The van der Waals surface area contributed by atoms with Gasteiger partial charge in [0.15, 0.2) is 12.4 Å². The number of amidine groups is 1. The van der Waals surface area contributed by atoms with Gasteiger partial charge in [0.1, 0.15) is 11.4 Å². The minimum Gasteiger partial charge on any atom is -0.506 e. The Hall–Kier alpha value is -3.83. The standard InChI is InChI=1S/C30H40N6O5/c31-30(35-32)23-6-4-5-21(19-23)12-17-40-18-13-27(39)36(24-7-2-1-3-8-24)16-15-33-14-11-22-9-10-25(37)28-29(22)41-20-26(38)34-28/h4-6,9-10,19,24,31-33,37H,1-3,7-8,11-18,20H2,(H,34,38)/p+1. The van der Waals surface area contributed by atoms with Crippen LogP contribution in [0.4, 0.5) is 5.69 Å². The van der Waals surface area contributed by atoms with Gasteiger partial charge in [0.25, 0.3) is 5.91 Å². The molecule has 1 aliphatic heterocycles. The van der Waals surface area contributed by atoms with E-state index in [4.69, 9.17) is 20.4 Å². The molecule has 11 heteroatoms. The lowest BCUT2D eigenvalue weighted by Gasteiger charge is -2.34. The molecule has 6 N–H and O–H groups in total. The first-order valence-corrected chi connectivity index (χ1v) is 14.4. The zero-order valence-corrected chi connectivity index (χ0v) is 23.5. The number of ether oxygens (including phenoxy) is 2. The van der Waals surface area contributed by atoms with Gasteiger partial charge >= 0.3 is 0 Å². The Kier molecular flexibility index (Phi) is 11.2. The third kappa shape index (κ3) is 8.58. The second kappa shape index (κ2) is 15.2. The molecule has 1 heterocycles. The number of aromatic hydroxyl groups is 1. The smallest absolute Gasteiger partial charge is 0.262 e. The van der Waals surface area contributed by atoms with E-state index < -0.39 is 0 Å². The first kappa shape index (κ1) is 30.1. The minimum absolute atomic E-state index is 0.00944. The molecule has 2 amide bonds. The number of carbonyl (C=O) groups excluding carboxylic acids is 2. The molecule has 1 saturated carbocycles. The van der Waals surface area contributed by atoms with E-state index >= 15 is 0 Å². The predicted molar refractivity (Wildman–Crippen MR) is 154 cm³/mol. The number of rotatable bonds is 14. The van der Waals surface area contributed by atoms with Crippen LogP contribution < -0.4 is 20.9 Å². The number of nitrogens with two attached hydrogens (primary N) is 1. The second-order valence-corrected chi connectivity index (χ2v) is 10.5. The molecular weight excluding hydrogens is 524 g/mol. The van der Waals surface area contributed by atoms with Gasteiger partial charge in [-0.15, -0.1) is 0 Å². The molecule has 2 aromatic rings. The highest BCUT2D eigenvalue weighted by molar-refractivity contribution is 5.97. The van der Waals surface area contributed by atoms with Crippen LogP contribution in [0.15, 0.2) is 41.5 Å². The molecule has 0 saturated heterocycles. The van der Waals surface area contributed by atoms with Crippen LogP contribution in [-0.4, -0.2) is 73.2 Å². The first-order chi connectivity index (χ1) is 20.0. The third-order valence-corrected chi connectivity index (χ3v) is 7.59. The number of hydrogen-bond acceptors (Lipinski definition) is 7. The van der Waals surface area contributed by atoms with Crippen LogP contribution in [-0.2, 0) is 27.2 Å². The summed E-state index contributed by atoms with van der Waals surface area (Å²) in [6, 6.07) is 11.2. The summed E-state index contributed by atoms with van der Waals surface area (Å²) in [5.74, 6) is 0.385. The van der Waals surface area contributed by atoms with E-state index in [1.54, 1.807) is 12.1 Å². The lowest BCUT2D eigenvalue weighted by molar-refractivity contribution is -0.207. The molecule has 0 unspecified atom stereocenters. The maximum absolute atomic E-state index is 13.2. The molecule has 4 rings (SSSR count). The van der Waals surface area contributed by atoms with Crippen molar-refractivity contribution in [3.63, 3.8) is 0 Å². The molecule has 0 aromatic heterocycles. The molecule has 2 aliphatic rings. The molecule has 0 bridgehead atoms. The zero-order valence-electron chi connectivity index (χ0n) is 23.5. The van der Waals surface area contributed by atoms with Crippen LogP contribution in [0.25, 0.3) is 0 Å². The van der Waals surface area contributed by atoms with Gasteiger partial charge in [-0.3, -0.25) is 15.0 Å². The van der Waals surface area contributed by atoms with E-state index in [1.165, 1.54) is 6.42 Å². The van der Waals surface area contributed by atoms with E-state index in [0.717, 1.165) is 36.8 Å². The topological polar surface area (TPSA) is 162 Å². The van der Waals surface area contributed by atoms with Crippen molar-refractivity contribution in [3.05, 3.63) is 53.1 Å². The number of hydrogen-bond donors (Lipinski definition) is 5. The Balaban J connectivity index is 1.21. The molecule has 220 valence electrons. The summed E-state index contributed by atoms with van der Waals surface area (Å²) in [6.07, 6.45) is 7.27. The number of nitrogens with zero attached hydrogens (tertiary/aromatic N) is 2. The summed E-state index contributed by atoms with van der Waals surface area (Å²) < 4.78 is 11.4. The van der Waals surface area contributed by atoms with Crippen molar-refractivity contribution in [2.75, 3.05) is 44.8 Å². The van der Waals surface area contributed by atoms with Crippen molar-refractivity contribution in [3.8, 4) is 11.5 Å². The lowest BCUT2D eigenvalue weighted by Crippen LogP contribution is -2.45. The highest BCUT2D eigenvalue weighted by Gasteiger charge is 2.25. The number of anilines is 1. The fourth-order valence-electron chi connectivity index (χ4n) is 5.41. The average Bonchev–Trinajstić information content (AvgIpc) is 3.00. The van der Waals surface area contributed by atoms with Crippen molar-refractivity contribution < 1.29 is 29.7 Å². The van der Waals surface area contributed by atoms with Crippen molar-refractivity contribution in [2.24, 2.45) is 5.11 Å². The van der Waals surface area contributed by atoms with Gasteiger partial charge in [-0.2, -0.15) is 5.53 Å². The summed E-state index contributed by atoms with van der Waals surface area (Å²) in [6.45, 7) is 2.76. The quantitative estimate of drug-likeness (QED) is 0.0776. The minimum atomic E-state index is -0.284. The number of phenolic OH excluding ortho intramolecular Hbond substituents is 1. The summed E-state index contributed by atoms with van der Waals surface area (Å²) in [5.41, 5.74) is 8.14. The van der Waals surface area contributed by atoms with Gasteiger partial charge in [0.2, 0.25) is 11.7 Å². The normalized spacial score (nSPS) is 15.0. The van der Waals surface area contributed by atoms with Gasteiger partial charge in [-0.1, -0.05) is 43.5 Å². The van der Waals surface area contributed by atoms with Crippen molar-refractivity contribution in [1.29, 1.82) is 5.41 Å². The average molecular weight is 566 g/mol. The molecule has 0 atom stereocenters. The number of benzene rings is 2. The van der Waals surface area contributed by atoms with Gasteiger partial charge < -0.3 is 30.1 Å². The van der Waals surface area contributed by atoms with Gasteiger partial charge in [0.05, 0.1) is 19.6 Å². The molecule has 11 nitrogen and oxygen atoms in total. The third-order valence-electron chi connectivity index (χ3n) is 7.59. The molecule has 1 aliphatic carbocycles. The molecule has 1 fully saturated rings. The lowest BCUT2D eigenvalue weighted by atomic mass is 9.94. The first-order valence-electron chi connectivity index (χ1n) is 14.4. The molecular formula is C30H41N6O5+. The summed E-state index contributed by atoms with van der Waals surface area (Å²) in [5, 5.41) is 27.3. The van der Waals surface area contributed by atoms with E-state index in [9.17, 15) is 14.7 Å². The van der Waals surface area contributed by atoms with E-state index in [2.05, 4.69) is 15.7 Å². The van der Waals surface area contributed by atoms with Gasteiger partial charge in [-0.05, 0) is 55.5 Å². The maximum atomic E-state index is 13.2. The van der Waals surface area contributed by atoms with Crippen molar-refractivity contribution in [2.45, 2.75) is 57.4 Å². The second-order valence-electron chi connectivity index (χ2n) is 10.5. The Bertz CT molecular complexity index is 1230. The van der Waals surface area contributed by atoms with Crippen LogP contribution in [0, 0.1) is 5.41 Å². The Morgan fingerprint density at radius 1 is 1.17 bits per heavy atom. The predicted octanol–water partition coefficient (Wildman–Crippen LogP) is 2.20. The van der Waals surface area contributed by atoms with Crippen LogP contribution in [0.1, 0.15) is 55.2 Å². The number of nitrogens with one attached hydrogen (secondary N) is 3. The molecule has 0 spiro atoms. The fraction of sp³-hybridized carbons (Fsp3) is 0.500. The summed E-state index contributed by atoms with van der Waals surface area (Å²) in [4.78, 5) is 26.9. The molecule has 2 aromatic carbocycles. The van der Waals surface area contributed by atoms with E-state index in [1.807, 2.05) is 29.2 Å². The largest absolute Gasteiger partial charge is 0.506 e. The Morgan fingerprint density at radius 2 is 2.00 bits per heavy atom.